The first kappa shape index (κ1) is 12.0. The lowest BCUT2D eigenvalue weighted by Crippen LogP contribution is -2.24. The summed E-state index contributed by atoms with van der Waals surface area (Å²) in [5.41, 5.74) is 3.98. The summed E-state index contributed by atoms with van der Waals surface area (Å²) >= 11 is 0. The van der Waals surface area contributed by atoms with Crippen LogP contribution >= 0.6 is 0 Å². The molecular weight excluding hydrogens is 246 g/mol. The summed E-state index contributed by atoms with van der Waals surface area (Å²) in [6, 6.07) is 11.5. The molecule has 0 spiro atoms. The van der Waals surface area contributed by atoms with Gasteiger partial charge in [0.05, 0.1) is 11.7 Å². The van der Waals surface area contributed by atoms with Crippen molar-refractivity contribution in [3.8, 4) is 0 Å². The maximum Gasteiger partial charge on any atom is 0.125 e. The van der Waals surface area contributed by atoms with Crippen LogP contribution in [0.3, 0.4) is 0 Å². The Kier molecular flexibility index (Phi) is 2.62. The van der Waals surface area contributed by atoms with Gasteiger partial charge in [-0.15, -0.1) is 0 Å². The summed E-state index contributed by atoms with van der Waals surface area (Å²) in [6.07, 6.45) is 2.41. The number of benzene rings is 1. The molecule has 0 bridgehead atoms. The summed E-state index contributed by atoms with van der Waals surface area (Å²) in [5, 5.41) is 8.40. The number of hydrogen-bond acceptors (Lipinski definition) is 2. The molecule has 0 saturated heterocycles. The highest BCUT2D eigenvalue weighted by Gasteiger charge is 2.37. The Balaban J connectivity index is 1.72. The molecule has 4 rings (SSSR count). The van der Waals surface area contributed by atoms with Gasteiger partial charge in [0.1, 0.15) is 5.82 Å². The molecule has 2 aromatic rings. The minimum absolute atomic E-state index is 0.383. The van der Waals surface area contributed by atoms with Crippen molar-refractivity contribution < 1.29 is 0 Å². The Morgan fingerprint density at radius 2 is 2.15 bits per heavy atom. The summed E-state index contributed by atoms with van der Waals surface area (Å²) in [4.78, 5) is 0. The molecule has 1 saturated carbocycles. The molecule has 104 valence electrons. The van der Waals surface area contributed by atoms with Crippen LogP contribution in [0.15, 0.2) is 30.3 Å². The van der Waals surface area contributed by atoms with E-state index in [0.29, 0.717) is 12.0 Å². The molecule has 3 nitrogen and oxygen atoms in total. The maximum atomic E-state index is 4.90. The number of aromatic nitrogens is 2. The van der Waals surface area contributed by atoms with Crippen molar-refractivity contribution in [2.45, 2.75) is 38.6 Å². The Bertz CT molecular complexity index is 643. The molecule has 2 aliphatic rings. The van der Waals surface area contributed by atoms with Crippen LogP contribution in [0, 0.1) is 12.8 Å². The zero-order valence-electron chi connectivity index (χ0n) is 12.1. The molecule has 2 heterocycles. The van der Waals surface area contributed by atoms with Crippen LogP contribution in [0.25, 0.3) is 0 Å². The monoisotopic (exact) mass is 267 g/mol. The molecule has 20 heavy (non-hydrogen) atoms. The van der Waals surface area contributed by atoms with E-state index in [0.717, 1.165) is 18.9 Å². The smallest absolute Gasteiger partial charge is 0.125 e. The van der Waals surface area contributed by atoms with E-state index in [1.165, 1.54) is 29.1 Å². The topological polar surface area (TPSA) is 29.9 Å². The van der Waals surface area contributed by atoms with Crippen molar-refractivity contribution in [3.05, 3.63) is 47.2 Å². The van der Waals surface area contributed by atoms with Gasteiger partial charge in [0.15, 0.2) is 0 Å². The second-order valence-corrected chi connectivity index (χ2v) is 6.36. The van der Waals surface area contributed by atoms with Crippen molar-refractivity contribution in [1.82, 2.24) is 9.78 Å². The standard InChI is InChI=1S/C17H21N3/c1-11-4-3-5-13(8-11)16-6-7-18-17-10-15(19-20(16)17)14-9-12(14)2/h3-5,8,10,12,14,16,18H,6-7,9H2,1-2H3. The highest BCUT2D eigenvalue weighted by atomic mass is 15.4. The summed E-state index contributed by atoms with van der Waals surface area (Å²) < 4.78 is 2.21. The first-order chi connectivity index (χ1) is 9.72. The molecule has 1 fully saturated rings. The minimum Gasteiger partial charge on any atom is -0.370 e. The van der Waals surface area contributed by atoms with Crippen molar-refractivity contribution >= 4 is 5.82 Å². The molecule has 1 aromatic carbocycles. The number of anilines is 1. The first-order valence-corrected chi connectivity index (χ1v) is 7.62. The number of nitrogens with one attached hydrogen (secondary N) is 1. The van der Waals surface area contributed by atoms with Crippen molar-refractivity contribution in [3.63, 3.8) is 0 Å². The zero-order valence-corrected chi connectivity index (χ0v) is 12.1. The van der Waals surface area contributed by atoms with Crippen LogP contribution in [0.5, 0.6) is 0 Å². The molecule has 1 aromatic heterocycles. The Labute approximate surface area is 120 Å². The van der Waals surface area contributed by atoms with Gasteiger partial charge in [-0.25, -0.2) is 4.68 Å². The van der Waals surface area contributed by atoms with E-state index in [2.05, 4.69) is 54.2 Å². The quantitative estimate of drug-likeness (QED) is 0.898. The van der Waals surface area contributed by atoms with Crippen molar-refractivity contribution in [2.75, 3.05) is 11.9 Å². The zero-order chi connectivity index (χ0) is 13.7. The van der Waals surface area contributed by atoms with Gasteiger partial charge in [-0.2, -0.15) is 5.10 Å². The lowest BCUT2D eigenvalue weighted by atomic mass is 10.0. The highest BCUT2D eigenvalue weighted by Crippen LogP contribution is 2.47. The molecule has 1 aliphatic heterocycles. The Morgan fingerprint density at radius 1 is 1.30 bits per heavy atom. The first-order valence-electron chi connectivity index (χ1n) is 7.62. The van der Waals surface area contributed by atoms with Crippen LogP contribution in [0.2, 0.25) is 0 Å². The van der Waals surface area contributed by atoms with E-state index >= 15 is 0 Å². The van der Waals surface area contributed by atoms with Gasteiger partial charge in [-0.1, -0.05) is 36.8 Å². The molecular formula is C17H21N3. The Morgan fingerprint density at radius 3 is 2.90 bits per heavy atom. The fourth-order valence-electron chi connectivity index (χ4n) is 3.34. The molecule has 1 N–H and O–H groups in total. The van der Waals surface area contributed by atoms with Gasteiger partial charge in [-0.05, 0) is 31.2 Å². The van der Waals surface area contributed by atoms with E-state index in [1.54, 1.807) is 0 Å². The van der Waals surface area contributed by atoms with Gasteiger partial charge >= 0.3 is 0 Å². The maximum absolute atomic E-state index is 4.90. The SMILES string of the molecule is Cc1cccc(C2CCNc3cc(C4CC4C)nn32)c1. The number of nitrogens with zero attached hydrogens (tertiary/aromatic N) is 2. The van der Waals surface area contributed by atoms with Gasteiger partial charge in [0, 0.05) is 18.5 Å². The number of rotatable bonds is 2. The molecule has 0 amide bonds. The lowest BCUT2D eigenvalue weighted by molar-refractivity contribution is 0.477. The van der Waals surface area contributed by atoms with E-state index in [1.807, 2.05) is 0 Å². The fourth-order valence-corrected chi connectivity index (χ4v) is 3.34. The average Bonchev–Trinajstić information content (AvgIpc) is 3.01. The van der Waals surface area contributed by atoms with E-state index in [-0.39, 0.29) is 0 Å². The molecule has 1 aliphatic carbocycles. The van der Waals surface area contributed by atoms with Gasteiger partial charge in [-0.3, -0.25) is 0 Å². The van der Waals surface area contributed by atoms with Crippen molar-refractivity contribution in [1.29, 1.82) is 0 Å². The molecule has 3 heteroatoms. The van der Waals surface area contributed by atoms with Crippen LogP contribution < -0.4 is 5.32 Å². The van der Waals surface area contributed by atoms with Gasteiger partial charge in [0.2, 0.25) is 0 Å². The van der Waals surface area contributed by atoms with Gasteiger partial charge < -0.3 is 5.32 Å². The second kappa shape index (κ2) is 4.37. The third kappa shape index (κ3) is 1.92. The highest BCUT2D eigenvalue weighted by molar-refractivity contribution is 5.43. The molecule has 0 radical (unpaired) electrons. The summed E-state index contributed by atoms with van der Waals surface area (Å²) in [7, 11) is 0. The normalized spacial score (nSPS) is 27.8. The fraction of sp³-hybridized carbons (Fsp3) is 0.471. The largest absolute Gasteiger partial charge is 0.370 e. The summed E-state index contributed by atoms with van der Waals surface area (Å²) in [5.74, 6) is 2.69. The third-order valence-electron chi connectivity index (χ3n) is 4.69. The number of fused-ring (bicyclic) bond motifs is 1. The van der Waals surface area contributed by atoms with Crippen molar-refractivity contribution in [2.24, 2.45) is 5.92 Å². The molecule has 3 unspecified atom stereocenters. The van der Waals surface area contributed by atoms with Crippen LogP contribution in [0.1, 0.15) is 48.5 Å². The third-order valence-corrected chi connectivity index (χ3v) is 4.69. The van der Waals surface area contributed by atoms with E-state index in [4.69, 9.17) is 5.10 Å². The lowest BCUT2D eigenvalue weighted by Gasteiger charge is -2.26. The van der Waals surface area contributed by atoms with E-state index < -0.39 is 0 Å². The van der Waals surface area contributed by atoms with Gasteiger partial charge in [0.25, 0.3) is 0 Å². The predicted octanol–water partition coefficient (Wildman–Crippen LogP) is 3.72. The summed E-state index contributed by atoms with van der Waals surface area (Å²) in [6.45, 7) is 5.50. The Hall–Kier alpha value is -1.77. The minimum atomic E-state index is 0.383. The average molecular weight is 267 g/mol. The van der Waals surface area contributed by atoms with Crippen LogP contribution in [0.4, 0.5) is 5.82 Å². The molecule has 3 atom stereocenters. The number of aryl methyl sites for hydroxylation is 1. The van der Waals surface area contributed by atoms with Crippen LogP contribution in [-0.4, -0.2) is 16.3 Å². The number of hydrogen-bond donors (Lipinski definition) is 1. The van der Waals surface area contributed by atoms with Crippen LogP contribution in [-0.2, 0) is 0 Å². The van der Waals surface area contributed by atoms with E-state index in [9.17, 15) is 0 Å². The predicted molar refractivity (Wildman–Crippen MR) is 81.2 cm³/mol. The second-order valence-electron chi connectivity index (χ2n) is 6.36.